The van der Waals surface area contributed by atoms with Crippen LogP contribution in [0.15, 0.2) is 18.3 Å². The summed E-state index contributed by atoms with van der Waals surface area (Å²) in [7, 11) is 0. The van der Waals surface area contributed by atoms with Crippen LogP contribution in [0.5, 0.6) is 5.75 Å². The number of halogens is 4. The minimum Gasteiger partial charge on any atom is -0.491 e. The number of rotatable bonds is 3. The summed E-state index contributed by atoms with van der Waals surface area (Å²) in [5.41, 5.74) is -0.512. The Labute approximate surface area is 134 Å². The number of ether oxygens (including phenoxy) is 1. The highest BCUT2D eigenvalue weighted by Crippen LogP contribution is 2.51. The van der Waals surface area contributed by atoms with E-state index in [1.54, 1.807) is 0 Å². The number of hydrogen-bond acceptors (Lipinski definition) is 3. The minimum atomic E-state index is -4.47. The van der Waals surface area contributed by atoms with Gasteiger partial charge >= 0.3 is 6.18 Å². The van der Waals surface area contributed by atoms with Crippen LogP contribution in [0.1, 0.15) is 31.4 Å². The lowest BCUT2D eigenvalue weighted by molar-refractivity contribution is -0.143. The average Bonchev–Trinajstić information content (AvgIpc) is 2.43. The van der Waals surface area contributed by atoms with Crippen LogP contribution in [0.3, 0.4) is 0 Å². The summed E-state index contributed by atoms with van der Waals surface area (Å²) >= 11 is 0. The summed E-state index contributed by atoms with van der Waals surface area (Å²) in [4.78, 5) is 3.40. The molecule has 2 aliphatic rings. The number of pyridine rings is 1. The van der Waals surface area contributed by atoms with Crippen molar-refractivity contribution in [2.75, 3.05) is 19.7 Å². The Hall–Kier alpha value is -1.01. The summed E-state index contributed by atoms with van der Waals surface area (Å²) in [6.45, 7) is 2.45. The van der Waals surface area contributed by atoms with Crippen LogP contribution in [0.4, 0.5) is 13.2 Å². The van der Waals surface area contributed by atoms with E-state index < -0.39 is 11.9 Å². The fraction of sp³-hybridized carbons (Fsp3) is 0.667. The Kier molecular flexibility index (Phi) is 5.22. The number of nitrogens with one attached hydrogen (secondary N) is 1. The molecule has 3 nitrogen and oxygen atoms in total. The number of alkyl halides is 3. The summed E-state index contributed by atoms with van der Waals surface area (Å²) in [5.74, 6) is 0.209. The Morgan fingerprint density at radius 3 is 2.59 bits per heavy atom. The van der Waals surface area contributed by atoms with E-state index in [1.807, 2.05) is 0 Å². The van der Waals surface area contributed by atoms with Crippen molar-refractivity contribution in [3.05, 3.63) is 24.0 Å². The van der Waals surface area contributed by atoms with Gasteiger partial charge in [-0.15, -0.1) is 12.4 Å². The number of piperidine rings is 1. The standard InChI is InChI=1S/C15H19F3N2O.ClH/c16-15(17,18)13-12(2-1-5-20-13)21-10-11-8-14(9-11)3-6-19-7-4-14;/h1-2,5,11,19H,3-4,6-10H2;1H. The second-order valence-electron chi connectivity index (χ2n) is 6.18. The van der Waals surface area contributed by atoms with Crippen LogP contribution in [-0.4, -0.2) is 24.7 Å². The molecule has 0 atom stereocenters. The molecule has 0 aromatic carbocycles. The molecule has 22 heavy (non-hydrogen) atoms. The van der Waals surface area contributed by atoms with Crippen molar-refractivity contribution in [1.29, 1.82) is 0 Å². The quantitative estimate of drug-likeness (QED) is 0.914. The third kappa shape index (κ3) is 3.66. The fourth-order valence-corrected chi connectivity index (χ4v) is 3.58. The van der Waals surface area contributed by atoms with Gasteiger partial charge in [0.25, 0.3) is 0 Å². The van der Waals surface area contributed by atoms with Crippen LogP contribution < -0.4 is 10.1 Å². The molecular formula is C15H20ClF3N2O. The van der Waals surface area contributed by atoms with Crippen molar-refractivity contribution < 1.29 is 17.9 Å². The zero-order chi connectivity index (χ0) is 14.9. The summed E-state index contributed by atoms with van der Waals surface area (Å²) in [5, 5.41) is 3.34. The van der Waals surface area contributed by atoms with Crippen molar-refractivity contribution in [2.24, 2.45) is 11.3 Å². The van der Waals surface area contributed by atoms with E-state index in [2.05, 4.69) is 10.3 Å². The Bertz CT molecular complexity index is 496. The molecule has 124 valence electrons. The van der Waals surface area contributed by atoms with E-state index in [9.17, 15) is 13.2 Å². The van der Waals surface area contributed by atoms with Crippen LogP contribution in [0.25, 0.3) is 0 Å². The molecule has 0 bridgehead atoms. The van der Waals surface area contributed by atoms with E-state index in [1.165, 1.54) is 25.0 Å². The summed E-state index contributed by atoms with van der Waals surface area (Å²) in [6, 6.07) is 2.81. The molecule has 2 fully saturated rings. The molecule has 1 N–H and O–H groups in total. The Morgan fingerprint density at radius 2 is 1.95 bits per heavy atom. The molecule has 1 aliphatic carbocycles. The summed E-state index contributed by atoms with van der Waals surface area (Å²) in [6.07, 6.45) is 1.15. The first-order valence-electron chi connectivity index (χ1n) is 7.34. The monoisotopic (exact) mass is 336 g/mol. The highest BCUT2D eigenvalue weighted by atomic mass is 35.5. The Morgan fingerprint density at radius 1 is 1.27 bits per heavy atom. The van der Waals surface area contributed by atoms with Crippen molar-refractivity contribution >= 4 is 12.4 Å². The maximum absolute atomic E-state index is 12.8. The molecule has 1 aromatic heterocycles. The van der Waals surface area contributed by atoms with E-state index in [-0.39, 0.29) is 18.2 Å². The van der Waals surface area contributed by atoms with Crippen LogP contribution in [0.2, 0.25) is 0 Å². The summed E-state index contributed by atoms with van der Waals surface area (Å²) < 4.78 is 43.8. The topological polar surface area (TPSA) is 34.1 Å². The lowest BCUT2D eigenvalue weighted by atomic mass is 9.58. The van der Waals surface area contributed by atoms with Gasteiger partial charge in [-0.1, -0.05) is 0 Å². The number of nitrogens with zero attached hydrogens (tertiary/aromatic N) is 1. The molecule has 1 spiro atoms. The first kappa shape index (κ1) is 17.3. The molecule has 3 rings (SSSR count). The van der Waals surface area contributed by atoms with Crippen LogP contribution >= 0.6 is 12.4 Å². The maximum atomic E-state index is 12.8. The molecule has 2 heterocycles. The second-order valence-corrected chi connectivity index (χ2v) is 6.18. The Balaban J connectivity index is 0.00000176. The molecule has 1 aliphatic heterocycles. The maximum Gasteiger partial charge on any atom is 0.437 e. The van der Waals surface area contributed by atoms with Gasteiger partial charge in [-0.25, -0.2) is 4.98 Å². The first-order chi connectivity index (χ1) is 9.99. The van der Waals surface area contributed by atoms with Gasteiger partial charge in [0.15, 0.2) is 5.69 Å². The first-order valence-corrected chi connectivity index (χ1v) is 7.34. The lowest BCUT2D eigenvalue weighted by Gasteiger charge is -2.50. The zero-order valence-electron chi connectivity index (χ0n) is 12.2. The number of aromatic nitrogens is 1. The van der Waals surface area contributed by atoms with Crippen molar-refractivity contribution in [2.45, 2.75) is 31.9 Å². The highest BCUT2D eigenvalue weighted by molar-refractivity contribution is 5.85. The molecular weight excluding hydrogens is 317 g/mol. The van der Waals surface area contributed by atoms with Gasteiger partial charge in [0.2, 0.25) is 0 Å². The van der Waals surface area contributed by atoms with Crippen LogP contribution in [-0.2, 0) is 6.18 Å². The molecule has 1 saturated carbocycles. The lowest BCUT2D eigenvalue weighted by Crippen LogP contribution is -2.46. The normalized spacial score (nSPS) is 21.0. The van der Waals surface area contributed by atoms with Crippen molar-refractivity contribution in [3.8, 4) is 5.75 Å². The molecule has 1 saturated heterocycles. The third-order valence-corrected chi connectivity index (χ3v) is 4.62. The predicted octanol–water partition coefficient (Wildman–Crippen LogP) is 3.68. The van der Waals surface area contributed by atoms with E-state index in [4.69, 9.17) is 4.74 Å². The van der Waals surface area contributed by atoms with Crippen molar-refractivity contribution in [3.63, 3.8) is 0 Å². The second kappa shape index (κ2) is 6.62. The van der Waals surface area contributed by atoms with E-state index in [0.717, 1.165) is 32.1 Å². The number of hydrogen-bond donors (Lipinski definition) is 1. The van der Waals surface area contributed by atoms with Crippen molar-refractivity contribution in [1.82, 2.24) is 10.3 Å². The predicted molar refractivity (Wildman–Crippen MR) is 79.2 cm³/mol. The third-order valence-electron chi connectivity index (χ3n) is 4.62. The molecule has 0 radical (unpaired) electrons. The van der Waals surface area contributed by atoms with Gasteiger partial charge in [-0.3, -0.25) is 0 Å². The molecule has 1 aromatic rings. The SMILES string of the molecule is Cl.FC(F)(F)c1ncccc1OCC1CC2(CCNCC2)C1. The van der Waals surface area contributed by atoms with Gasteiger partial charge in [-0.2, -0.15) is 13.2 Å². The molecule has 0 amide bonds. The highest BCUT2D eigenvalue weighted by Gasteiger charge is 2.45. The fourth-order valence-electron chi connectivity index (χ4n) is 3.58. The van der Waals surface area contributed by atoms with Gasteiger partial charge in [0.1, 0.15) is 5.75 Å². The average molecular weight is 337 g/mol. The van der Waals surface area contributed by atoms with E-state index in [0.29, 0.717) is 17.9 Å². The van der Waals surface area contributed by atoms with Gasteiger partial charge in [0, 0.05) is 6.20 Å². The minimum absolute atomic E-state index is 0. The molecule has 7 heteroatoms. The largest absolute Gasteiger partial charge is 0.491 e. The smallest absolute Gasteiger partial charge is 0.437 e. The molecule has 0 unspecified atom stereocenters. The van der Waals surface area contributed by atoms with Gasteiger partial charge in [-0.05, 0) is 62.2 Å². The van der Waals surface area contributed by atoms with E-state index >= 15 is 0 Å². The zero-order valence-corrected chi connectivity index (χ0v) is 13.0. The van der Waals surface area contributed by atoms with Crippen LogP contribution in [0, 0.1) is 11.3 Å². The van der Waals surface area contributed by atoms with Gasteiger partial charge in [0.05, 0.1) is 6.61 Å². The van der Waals surface area contributed by atoms with Gasteiger partial charge < -0.3 is 10.1 Å².